The summed E-state index contributed by atoms with van der Waals surface area (Å²) >= 11 is 0. The van der Waals surface area contributed by atoms with Crippen molar-refractivity contribution in [3.63, 3.8) is 0 Å². The lowest BCUT2D eigenvalue weighted by Gasteiger charge is -2.35. The highest BCUT2D eigenvalue weighted by Gasteiger charge is 2.37. The number of rotatable bonds is 10. The number of hydrogen-bond donors (Lipinski definition) is 0. The van der Waals surface area contributed by atoms with Crippen LogP contribution in [0.1, 0.15) is 117 Å². The van der Waals surface area contributed by atoms with Gasteiger partial charge in [-0.1, -0.05) is 58.8 Å². The van der Waals surface area contributed by atoms with E-state index in [-0.39, 0.29) is 23.4 Å². The van der Waals surface area contributed by atoms with Gasteiger partial charge in [0.25, 0.3) is 0 Å². The Hall–Kier alpha value is -1.04. The van der Waals surface area contributed by atoms with Crippen molar-refractivity contribution in [1.82, 2.24) is 0 Å². The van der Waals surface area contributed by atoms with E-state index in [0.717, 1.165) is 57.3 Å². The van der Waals surface area contributed by atoms with Gasteiger partial charge < -0.3 is 4.74 Å². The van der Waals surface area contributed by atoms with Crippen LogP contribution < -0.4 is 0 Å². The molecular weight excluding hydrogens is 334 g/mol. The van der Waals surface area contributed by atoms with E-state index in [2.05, 4.69) is 19.9 Å². The van der Waals surface area contributed by atoms with Gasteiger partial charge in [-0.15, -0.1) is 0 Å². The van der Waals surface area contributed by atoms with Crippen LogP contribution in [-0.2, 0) is 9.53 Å². The molecule has 0 aromatic heterocycles. The molecule has 0 N–H and O–H groups in total. The number of unbranched alkanes of at least 4 members (excludes halogenated alkanes) is 4. The van der Waals surface area contributed by atoms with Crippen LogP contribution in [0.5, 0.6) is 0 Å². The highest BCUT2D eigenvalue weighted by atomic mass is 16.5. The van der Waals surface area contributed by atoms with Gasteiger partial charge in [0.2, 0.25) is 0 Å². The smallest absolute Gasteiger partial charge is 0.309 e. The quantitative estimate of drug-likeness (QED) is 0.306. The molecule has 0 amide bonds. The molecule has 0 aliphatic heterocycles. The summed E-state index contributed by atoms with van der Waals surface area (Å²) in [4.78, 5) is 12.6. The Morgan fingerprint density at radius 1 is 0.963 bits per heavy atom. The number of nitriles is 1. The van der Waals surface area contributed by atoms with Crippen LogP contribution in [0.25, 0.3) is 0 Å². The van der Waals surface area contributed by atoms with Gasteiger partial charge in [0.15, 0.2) is 0 Å². The van der Waals surface area contributed by atoms with Gasteiger partial charge in [0, 0.05) is 0 Å². The second-order valence-electron chi connectivity index (χ2n) is 9.20. The first-order valence-corrected chi connectivity index (χ1v) is 11.7. The molecule has 2 rings (SSSR count). The fourth-order valence-corrected chi connectivity index (χ4v) is 5.01. The van der Waals surface area contributed by atoms with Crippen LogP contribution in [0.15, 0.2) is 0 Å². The third-order valence-corrected chi connectivity index (χ3v) is 7.06. The first-order valence-electron chi connectivity index (χ1n) is 11.7. The average Bonchev–Trinajstić information content (AvgIpc) is 2.71. The second kappa shape index (κ2) is 11.7. The van der Waals surface area contributed by atoms with Gasteiger partial charge in [0.1, 0.15) is 6.10 Å². The SMILES string of the molecule is CCCCCC[C@]1(C#N)CC[C@H](OC(=O)[C@H]2CC[C@H](CCCC)CC2)CC1. The van der Waals surface area contributed by atoms with Crippen LogP contribution in [-0.4, -0.2) is 12.1 Å². The number of esters is 1. The molecule has 2 aliphatic carbocycles. The van der Waals surface area contributed by atoms with Crippen molar-refractivity contribution in [2.45, 2.75) is 123 Å². The topological polar surface area (TPSA) is 50.1 Å². The van der Waals surface area contributed by atoms with E-state index >= 15 is 0 Å². The number of carbonyl (C=O) groups excluding carboxylic acids is 1. The van der Waals surface area contributed by atoms with Crippen molar-refractivity contribution < 1.29 is 9.53 Å². The lowest BCUT2D eigenvalue weighted by Crippen LogP contribution is -2.33. The number of nitrogens with zero attached hydrogens (tertiary/aromatic N) is 1. The molecule has 0 aromatic carbocycles. The third-order valence-electron chi connectivity index (χ3n) is 7.06. The first-order chi connectivity index (χ1) is 13.1. The minimum atomic E-state index is -0.159. The minimum absolute atomic E-state index is 0.0429. The maximum Gasteiger partial charge on any atom is 0.309 e. The van der Waals surface area contributed by atoms with E-state index < -0.39 is 0 Å². The highest BCUT2D eigenvalue weighted by molar-refractivity contribution is 5.72. The van der Waals surface area contributed by atoms with Crippen molar-refractivity contribution in [2.75, 3.05) is 0 Å². The van der Waals surface area contributed by atoms with Crippen LogP contribution >= 0.6 is 0 Å². The molecule has 3 heteroatoms. The molecule has 0 unspecified atom stereocenters. The van der Waals surface area contributed by atoms with E-state index in [1.807, 2.05) is 0 Å². The van der Waals surface area contributed by atoms with Crippen LogP contribution in [0.2, 0.25) is 0 Å². The molecule has 3 nitrogen and oxygen atoms in total. The fourth-order valence-electron chi connectivity index (χ4n) is 5.01. The van der Waals surface area contributed by atoms with Crippen molar-refractivity contribution in [2.24, 2.45) is 17.3 Å². The maximum absolute atomic E-state index is 12.6. The zero-order valence-corrected chi connectivity index (χ0v) is 17.8. The standard InChI is InChI=1S/C24H41NO2/c1-3-5-7-8-16-24(19-25)17-14-22(15-18-24)27-23(26)21-12-10-20(11-13-21)9-6-4-2/h20-22H,3-18H2,1-2H3/t20-,21-,22-,24-. The summed E-state index contributed by atoms with van der Waals surface area (Å²) in [5.41, 5.74) is -0.159. The summed E-state index contributed by atoms with van der Waals surface area (Å²) in [6.07, 6.45) is 17.8. The predicted octanol–water partition coefficient (Wildman–Crippen LogP) is 6.95. The molecule has 2 fully saturated rings. The van der Waals surface area contributed by atoms with Gasteiger partial charge in [-0.2, -0.15) is 5.26 Å². The van der Waals surface area contributed by atoms with Gasteiger partial charge in [-0.3, -0.25) is 4.79 Å². The predicted molar refractivity (Wildman–Crippen MR) is 110 cm³/mol. The number of hydrogen-bond acceptors (Lipinski definition) is 3. The molecule has 0 spiro atoms. The molecule has 2 saturated carbocycles. The van der Waals surface area contributed by atoms with E-state index in [4.69, 9.17) is 4.74 Å². The Bertz CT molecular complexity index is 465. The molecule has 0 atom stereocenters. The third kappa shape index (κ3) is 7.13. The number of carbonyl (C=O) groups is 1. The van der Waals surface area contributed by atoms with Crippen molar-refractivity contribution in [1.29, 1.82) is 5.26 Å². The summed E-state index contributed by atoms with van der Waals surface area (Å²) in [6.45, 7) is 4.47. The zero-order chi connectivity index (χ0) is 19.5. The van der Waals surface area contributed by atoms with E-state index in [0.29, 0.717) is 0 Å². The fraction of sp³-hybridized carbons (Fsp3) is 0.917. The normalized spacial score (nSPS) is 31.2. The van der Waals surface area contributed by atoms with Crippen LogP contribution in [0.3, 0.4) is 0 Å². The van der Waals surface area contributed by atoms with Gasteiger partial charge in [-0.05, 0) is 63.7 Å². The van der Waals surface area contributed by atoms with Crippen LogP contribution in [0.4, 0.5) is 0 Å². The average molecular weight is 376 g/mol. The Labute approximate surface area is 167 Å². The monoisotopic (exact) mass is 375 g/mol. The summed E-state index contributed by atoms with van der Waals surface area (Å²) in [5, 5.41) is 9.70. The largest absolute Gasteiger partial charge is 0.462 e. The van der Waals surface area contributed by atoms with E-state index in [1.54, 1.807) is 0 Å². The van der Waals surface area contributed by atoms with Crippen molar-refractivity contribution in [3.8, 4) is 6.07 Å². The van der Waals surface area contributed by atoms with Gasteiger partial charge >= 0.3 is 5.97 Å². The number of ether oxygens (including phenoxy) is 1. The summed E-state index contributed by atoms with van der Waals surface area (Å²) in [7, 11) is 0. The van der Waals surface area contributed by atoms with Gasteiger partial charge in [-0.25, -0.2) is 0 Å². The van der Waals surface area contributed by atoms with Crippen molar-refractivity contribution >= 4 is 5.97 Å². The summed E-state index contributed by atoms with van der Waals surface area (Å²) in [6, 6.07) is 2.61. The van der Waals surface area contributed by atoms with E-state index in [1.165, 1.54) is 51.4 Å². The zero-order valence-electron chi connectivity index (χ0n) is 17.8. The van der Waals surface area contributed by atoms with E-state index in [9.17, 15) is 10.1 Å². The molecule has 0 aromatic rings. The van der Waals surface area contributed by atoms with Crippen LogP contribution in [0, 0.1) is 28.6 Å². The maximum atomic E-state index is 12.6. The molecule has 154 valence electrons. The summed E-state index contributed by atoms with van der Waals surface area (Å²) in [5.74, 6) is 0.994. The Morgan fingerprint density at radius 2 is 1.63 bits per heavy atom. The molecule has 0 saturated heterocycles. The molecular formula is C24H41NO2. The Kier molecular flexibility index (Phi) is 9.66. The molecule has 0 bridgehead atoms. The molecule has 27 heavy (non-hydrogen) atoms. The Morgan fingerprint density at radius 3 is 2.22 bits per heavy atom. The van der Waals surface area contributed by atoms with Crippen molar-refractivity contribution in [3.05, 3.63) is 0 Å². The second-order valence-corrected chi connectivity index (χ2v) is 9.20. The lowest BCUT2D eigenvalue weighted by molar-refractivity contribution is -0.158. The first kappa shape index (κ1) is 22.3. The molecule has 0 radical (unpaired) electrons. The summed E-state index contributed by atoms with van der Waals surface area (Å²) < 4.78 is 5.88. The lowest BCUT2D eigenvalue weighted by atomic mass is 9.71. The minimum Gasteiger partial charge on any atom is -0.462 e. The Balaban J connectivity index is 1.69. The molecule has 2 aliphatic rings. The molecule has 0 heterocycles. The van der Waals surface area contributed by atoms with Gasteiger partial charge in [0.05, 0.1) is 17.4 Å². The highest BCUT2D eigenvalue weighted by Crippen LogP contribution is 2.41.